The van der Waals surface area contributed by atoms with E-state index in [1.807, 2.05) is 0 Å². The zero-order chi connectivity index (χ0) is 21.3. The van der Waals surface area contributed by atoms with Crippen molar-refractivity contribution in [2.45, 2.75) is 31.3 Å². The lowest BCUT2D eigenvalue weighted by molar-refractivity contribution is -0.139. The van der Waals surface area contributed by atoms with Crippen LogP contribution in [0.3, 0.4) is 0 Å². The van der Waals surface area contributed by atoms with Crippen molar-refractivity contribution < 1.29 is 24.2 Å². The van der Waals surface area contributed by atoms with E-state index in [2.05, 4.69) is 9.97 Å². The Balaban J connectivity index is 1.49. The number of nitrogens with two attached hydrogens (primary N) is 2. The molecule has 1 spiro atoms. The van der Waals surface area contributed by atoms with Crippen LogP contribution in [0.25, 0.3) is 0 Å². The Morgan fingerprint density at radius 1 is 1.20 bits per heavy atom. The number of hydrogen-bond donors (Lipinski definition) is 3. The number of hydrogen-bond acceptors (Lipinski definition) is 8. The van der Waals surface area contributed by atoms with Gasteiger partial charge in [-0.3, -0.25) is 4.79 Å². The van der Waals surface area contributed by atoms with Crippen LogP contribution in [0.4, 0.5) is 11.8 Å². The molecule has 10 nitrogen and oxygen atoms in total. The number of ether oxygens (including phenoxy) is 2. The first-order valence-electron chi connectivity index (χ1n) is 9.71. The van der Waals surface area contributed by atoms with Gasteiger partial charge in [0.2, 0.25) is 11.8 Å². The molecule has 10 heteroatoms. The third-order valence-corrected chi connectivity index (χ3v) is 5.48. The van der Waals surface area contributed by atoms with Crippen LogP contribution in [-0.4, -0.2) is 57.1 Å². The summed E-state index contributed by atoms with van der Waals surface area (Å²) < 4.78 is 11.4. The molecule has 158 valence electrons. The first-order valence-corrected chi connectivity index (χ1v) is 9.71. The maximum Gasteiger partial charge on any atom is 0.341 e. The van der Waals surface area contributed by atoms with E-state index in [9.17, 15) is 9.59 Å². The molecule has 0 saturated carbocycles. The highest BCUT2D eigenvalue weighted by molar-refractivity contribution is 5.97. The molecule has 30 heavy (non-hydrogen) atoms. The molecule has 4 rings (SSSR count). The van der Waals surface area contributed by atoms with Crippen molar-refractivity contribution in [1.82, 2.24) is 14.9 Å². The molecular weight excluding hydrogens is 390 g/mol. The van der Waals surface area contributed by atoms with Gasteiger partial charge in [-0.25, -0.2) is 4.79 Å². The summed E-state index contributed by atoms with van der Waals surface area (Å²) in [6, 6.07) is 6.66. The van der Waals surface area contributed by atoms with Gasteiger partial charge in [0.15, 0.2) is 6.61 Å². The Hall–Kier alpha value is -3.56. The van der Waals surface area contributed by atoms with Gasteiger partial charge >= 0.3 is 5.97 Å². The molecule has 3 heterocycles. The Bertz CT molecular complexity index is 998. The van der Waals surface area contributed by atoms with Crippen molar-refractivity contribution in [2.24, 2.45) is 0 Å². The molecule has 0 unspecified atom stereocenters. The van der Waals surface area contributed by atoms with Gasteiger partial charge < -0.3 is 30.9 Å². The summed E-state index contributed by atoms with van der Waals surface area (Å²) in [5.41, 5.74) is 12.3. The molecule has 1 aromatic carbocycles. The molecule has 2 aliphatic rings. The number of benzene rings is 1. The van der Waals surface area contributed by atoms with Gasteiger partial charge in [-0.1, -0.05) is 12.1 Å². The maximum atomic E-state index is 13.1. The van der Waals surface area contributed by atoms with E-state index in [1.54, 1.807) is 29.2 Å². The van der Waals surface area contributed by atoms with Gasteiger partial charge in [-0.15, -0.1) is 0 Å². The smallest absolute Gasteiger partial charge is 0.341 e. The number of aliphatic carboxylic acids is 1. The van der Waals surface area contributed by atoms with Gasteiger partial charge in [-0.05, 0) is 25.0 Å². The average Bonchev–Trinajstić information content (AvgIpc) is 2.94. The van der Waals surface area contributed by atoms with Crippen LogP contribution >= 0.6 is 0 Å². The van der Waals surface area contributed by atoms with Crippen molar-refractivity contribution >= 4 is 23.6 Å². The fourth-order valence-corrected chi connectivity index (χ4v) is 4.04. The minimum Gasteiger partial charge on any atom is -0.481 e. The van der Waals surface area contributed by atoms with Crippen LogP contribution in [-0.2, 0) is 11.2 Å². The molecule has 5 N–H and O–H groups in total. The van der Waals surface area contributed by atoms with Gasteiger partial charge in [0.25, 0.3) is 5.91 Å². The normalized spacial score (nSPS) is 20.3. The van der Waals surface area contributed by atoms with Crippen molar-refractivity contribution in [3.05, 3.63) is 35.4 Å². The van der Waals surface area contributed by atoms with Crippen molar-refractivity contribution in [3.8, 4) is 11.6 Å². The molecule has 1 atom stereocenters. The second kappa shape index (κ2) is 7.69. The summed E-state index contributed by atoms with van der Waals surface area (Å²) in [4.78, 5) is 33.9. The summed E-state index contributed by atoms with van der Waals surface area (Å²) in [5, 5.41) is 8.86. The van der Waals surface area contributed by atoms with E-state index >= 15 is 0 Å². The number of carbonyl (C=O) groups excluding carboxylic acids is 1. The number of likely N-dealkylation sites (tertiary alicyclic amines) is 1. The molecule has 1 aromatic heterocycles. The zero-order valence-electron chi connectivity index (χ0n) is 16.3. The van der Waals surface area contributed by atoms with E-state index in [0.29, 0.717) is 43.2 Å². The highest BCUT2D eigenvalue weighted by atomic mass is 16.5. The van der Waals surface area contributed by atoms with Crippen LogP contribution < -0.4 is 20.9 Å². The Labute approximate surface area is 172 Å². The van der Waals surface area contributed by atoms with Crippen molar-refractivity contribution in [3.63, 3.8) is 0 Å². The van der Waals surface area contributed by atoms with Crippen LogP contribution in [0, 0.1) is 0 Å². The molecule has 0 aliphatic carbocycles. The third-order valence-electron chi connectivity index (χ3n) is 5.48. The molecule has 1 saturated heterocycles. The highest BCUT2D eigenvalue weighted by Crippen LogP contribution is 2.42. The number of nitrogens with zero attached hydrogens (tertiary/aromatic N) is 3. The van der Waals surface area contributed by atoms with Crippen LogP contribution in [0.2, 0.25) is 0 Å². The van der Waals surface area contributed by atoms with Crippen LogP contribution in [0.1, 0.15) is 35.2 Å². The zero-order valence-corrected chi connectivity index (χ0v) is 16.3. The standard InChI is InChI=1S/C20H23N5O5/c21-16-13-10-20(30-17(13)24-19(22)23-16)6-3-8-25(9-7-20)18(28)12-4-1-2-5-14(12)29-11-15(26)27/h1-2,4-5H,3,6-11H2,(H,26,27)(H4,21,22,23,24)/t20-/m1/s1. The second-order valence-electron chi connectivity index (χ2n) is 7.54. The molecule has 0 bridgehead atoms. The van der Waals surface area contributed by atoms with Crippen molar-refractivity contribution in [1.29, 1.82) is 0 Å². The summed E-state index contributed by atoms with van der Waals surface area (Å²) in [6.45, 7) is 0.519. The summed E-state index contributed by atoms with van der Waals surface area (Å²) in [5.74, 6) is -0.219. The van der Waals surface area contributed by atoms with E-state index in [0.717, 1.165) is 18.4 Å². The number of rotatable bonds is 4. The molecule has 1 fully saturated rings. The van der Waals surface area contributed by atoms with E-state index in [-0.39, 0.29) is 17.6 Å². The first-order chi connectivity index (χ1) is 14.4. The average molecular weight is 413 g/mol. The minimum absolute atomic E-state index is 0.0756. The van der Waals surface area contributed by atoms with Crippen LogP contribution in [0.15, 0.2) is 24.3 Å². The number of aromatic nitrogens is 2. The summed E-state index contributed by atoms with van der Waals surface area (Å²) in [7, 11) is 0. The summed E-state index contributed by atoms with van der Waals surface area (Å²) >= 11 is 0. The third kappa shape index (κ3) is 3.80. The van der Waals surface area contributed by atoms with Gasteiger partial charge in [0, 0.05) is 25.9 Å². The second-order valence-corrected chi connectivity index (χ2v) is 7.54. The van der Waals surface area contributed by atoms with Gasteiger partial charge in [0.05, 0.1) is 11.1 Å². The number of nitrogen functional groups attached to an aromatic ring is 2. The van der Waals surface area contributed by atoms with E-state index in [4.69, 9.17) is 26.0 Å². The van der Waals surface area contributed by atoms with Crippen LogP contribution in [0.5, 0.6) is 11.6 Å². The molecule has 1 amide bonds. The minimum atomic E-state index is -1.10. The predicted molar refractivity (Wildman–Crippen MR) is 107 cm³/mol. The van der Waals surface area contributed by atoms with Gasteiger partial charge in [-0.2, -0.15) is 9.97 Å². The largest absolute Gasteiger partial charge is 0.481 e. The Morgan fingerprint density at radius 3 is 2.80 bits per heavy atom. The number of para-hydroxylation sites is 1. The van der Waals surface area contributed by atoms with Crippen molar-refractivity contribution in [2.75, 3.05) is 31.2 Å². The lowest BCUT2D eigenvalue weighted by atomic mass is 9.90. The Morgan fingerprint density at radius 2 is 2.00 bits per heavy atom. The van der Waals surface area contributed by atoms with Gasteiger partial charge in [0.1, 0.15) is 17.2 Å². The molecular formula is C20H23N5O5. The van der Waals surface area contributed by atoms with E-state index in [1.165, 1.54) is 0 Å². The molecule has 2 aromatic rings. The topological polar surface area (TPSA) is 154 Å². The summed E-state index contributed by atoms with van der Waals surface area (Å²) in [6.07, 6.45) is 2.66. The number of fused-ring (bicyclic) bond motifs is 1. The fraction of sp³-hybridized carbons (Fsp3) is 0.400. The first kappa shape index (κ1) is 19.7. The number of carboxylic acid groups (broad SMARTS) is 1. The lowest BCUT2D eigenvalue weighted by Gasteiger charge is -2.27. The monoisotopic (exact) mass is 413 g/mol. The quantitative estimate of drug-likeness (QED) is 0.668. The SMILES string of the molecule is Nc1nc(N)c2c(n1)O[C@@]1(CCCN(C(=O)c3ccccc3OCC(=O)O)CC1)C2. The number of amides is 1. The maximum absolute atomic E-state index is 13.1. The Kier molecular flexibility index (Phi) is 5.06. The predicted octanol–water partition coefficient (Wildman–Crippen LogP) is 1.10. The number of anilines is 2. The number of carbonyl (C=O) groups is 2. The highest BCUT2D eigenvalue weighted by Gasteiger charge is 2.43. The fourth-order valence-electron chi connectivity index (χ4n) is 4.04. The molecule has 0 radical (unpaired) electrons. The van der Waals surface area contributed by atoms with E-state index < -0.39 is 18.2 Å². The molecule has 2 aliphatic heterocycles. The number of carboxylic acids is 1. The lowest BCUT2D eigenvalue weighted by Crippen LogP contribution is -2.37.